The molecule has 1 aromatic carbocycles. The smallest absolute Gasteiger partial charge is 0.277 e. The maximum atomic E-state index is 12.8. The third-order valence-corrected chi connectivity index (χ3v) is 5.06. The number of ether oxygens (including phenoxy) is 2. The van der Waals surface area contributed by atoms with Crippen molar-refractivity contribution in [1.82, 2.24) is 9.78 Å². The number of benzene rings is 1. The molecule has 0 N–H and O–H groups in total. The van der Waals surface area contributed by atoms with Crippen LogP contribution in [0.1, 0.15) is 16.2 Å². The zero-order chi connectivity index (χ0) is 17.2. The van der Waals surface area contributed by atoms with Crippen LogP contribution in [0.5, 0.6) is 10.8 Å². The van der Waals surface area contributed by atoms with Crippen molar-refractivity contribution in [1.29, 1.82) is 0 Å². The molecule has 7 heteroatoms. The lowest BCUT2D eigenvalue weighted by Crippen LogP contribution is -2.40. The number of fused-ring (bicyclic) bond motifs is 1. The van der Waals surface area contributed by atoms with E-state index in [1.54, 1.807) is 16.7 Å². The van der Waals surface area contributed by atoms with Crippen LogP contribution in [0.25, 0.3) is 0 Å². The number of methoxy groups -OCH3 is 1. The summed E-state index contributed by atoms with van der Waals surface area (Å²) in [5.41, 5.74) is 1.34. The summed E-state index contributed by atoms with van der Waals surface area (Å²) in [6, 6.07) is 15.2. The first-order valence-corrected chi connectivity index (χ1v) is 8.76. The van der Waals surface area contributed by atoms with Crippen molar-refractivity contribution < 1.29 is 14.3 Å². The normalized spacial score (nSPS) is 13.6. The molecule has 0 spiro atoms. The molecular weight excluding hydrogens is 338 g/mol. The Morgan fingerprint density at radius 3 is 2.76 bits per heavy atom. The highest BCUT2D eigenvalue weighted by Gasteiger charge is 2.28. The first kappa shape index (κ1) is 15.7. The second kappa shape index (κ2) is 6.60. The average molecular weight is 355 g/mol. The highest BCUT2D eigenvalue weighted by Crippen LogP contribution is 2.33. The summed E-state index contributed by atoms with van der Waals surface area (Å²) in [6.45, 7) is 1.59. The van der Waals surface area contributed by atoms with Crippen molar-refractivity contribution in [3.63, 3.8) is 0 Å². The van der Waals surface area contributed by atoms with Crippen molar-refractivity contribution >= 4 is 22.2 Å². The molecule has 1 amide bonds. The number of rotatable bonds is 5. The third-order valence-electron chi connectivity index (χ3n) is 3.99. The molecule has 25 heavy (non-hydrogen) atoms. The number of anilines is 1. The Kier molecular flexibility index (Phi) is 4.15. The fourth-order valence-electron chi connectivity index (χ4n) is 2.77. The minimum atomic E-state index is -0.0470. The van der Waals surface area contributed by atoms with Gasteiger partial charge in [-0.3, -0.25) is 14.4 Å². The van der Waals surface area contributed by atoms with Gasteiger partial charge in [0.1, 0.15) is 28.7 Å². The van der Waals surface area contributed by atoms with Crippen LogP contribution in [0.15, 0.2) is 48.5 Å². The molecule has 0 saturated carbocycles. The highest BCUT2D eigenvalue weighted by molar-refractivity contribution is 7.18. The second-order valence-corrected chi connectivity index (χ2v) is 6.62. The molecule has 128 valence electrons. The number of hydrogen-bond donors (Lipinski definition) is 0. The molecule has 0 unspecified atom stereocenters. The lowest BCUT2D eigenvalue weighted by atomic mass is 10.2. The molecule has 3 aromatic rings. The second-order valence-electron chi connectivity index (χ2n) is 5.60. The maximum absolute atomic E-state index is 12.8. The van der Waals surface area contributed by atoms with Gasteiger partial charge in [0.15, 0.2) is 5.06 Å². The van der Waals surface area contributed by atoms with E-state index < -0.39 is 0 Å². The van der Waals surface area contributed by atoms with Gasteiger partial charge in [0, 0.05) is 6.54 Å². The van der Waals surface area contributed by atoms with Gasteiger partial charge in [0.25, 0.3) is 5.91 Å². The van der Waals surface area contributed by atoms with E-state index in [0.717, 1.165) is 21.5 Å². The van der Waals surface area contributed by atoms with E-state index in [0.29, 0.717) is 25.4 Å². The topological polar surface area (TPSA) is 56.6 Å². The van der Waals surface area contributed by atoms with Gasteiger partial charge in [-0.15, -0.1) is 0 Å². The molecule has 0 aliphatic carbocycles. The van der Waals surface area contributed by atoms with Gasteiger partial charge in [-0.2, -0.15) is 5.10 Å². The Morgan fingerprint density at radius 2 is 2.00 bits per heavy atom. The van der Waals surface area contributed by atoms with E-state index in [1.807, 2.05) is 48.5 Å². The summed E-state index contributed by atoms with van der Waals surface area (Å²) in [6.07, 6.45) is 0. The number of aromatic nitrogens is 2. The zero-order valence-corrected chi connectivity index (χ0v) is 14.5. The average Bonchev–Trinajstić information content (AvgIpc) is 3.28. The van der Waals surface area contributed by atoms with Crippen molar-refractivity contribution in [3.8, 4) is 10.8 Å². The molecular formula is C18H17N3O3S. The first-order chi connectivity index (χ1) is 12.2. The number of para-hydroxylation sites is 1. The minimum Gasteiger partial charge on any atom is -0.487 e. The Bertz CT molecular complexity index is 888. The maximum Gasteiger partial charge on any atom is 0.277 e. The summed E-state index contributed by atoms with van der Waals surface area (Å²) in [5, 5.41) is 6.16. The van der Waals surface area contributed by atoms with Gasteiger partial charge >= 0.3 is 0 Å². The van der Waals surface area contributed by atoms with Gasteiger partial charge in [-0.25, -0.2) is 0 Å². The predicted molar refractivity (Wildman–Crippen MR) is 95.5 cm³/mol. The predicted octanol–water partition coefficient (Wildman–Crippen LogP) is 3.19. The largest absolute Gasteiger partial charge is 0.487 e. The van der Waals surface area contributed by atoms with Crippen LogP contribution in [0, 0.1) is 0 Å². The summed E-state index contributed by atoms with van der Waals surface area (Å²) in [4.78, 5) is 14.6. The lowest BCUT2D eigenvalue weighted by Gasteiger charge is -2.25. The fraction of sp³-hybridized carbons (Fsp3) is 0.222. The molecule has 4 rings (SSSR count). The van der Waals surface area contributed by atoms with Crippen LogP contribution in [-0.2, 0) is 13.2 Å². The van der Waals surface area contributed by atoms with Gasteiger partial charge < -0.3 is 9.47 Å². The zero-order valence-electron chi connectivity index (χ0n) is 13.7. The molecule has 6 nitrogen and oxygen atoms in total. The Balaban J connectivity index is 1.50. The van der Waals surface area contributed by atoms with Crippen molar-refractivity contribution in [2.24, 2.45) is 0 Å². The molecule has 0 fully saturated rings. The van der Waals surface area contributed by atoms with Gasteiger partial charge in [0.2, 0.25) is 0 Å². The van der Waals surface area contributed by atoms with Crippen molar-refractivity contribution in [3.05, 3.63) is 59.9 Å². The van der Waals surface area contributed by atoms with E-state index in [-0.39, 0.29) is 5.91 Å². The van der Waals surface area contributed by atoms with E-state index in [4.69, 9.17) is 9.47 Å². The van der Waals surface area contributed by atoms with Crippen LogP contribution >= 0.6 is 11.3 Å². The van der Waals surface area contributed by atoms with Crippen LogP contribution < -0.4 is 14.4 Å². The standard InChI is InChI=1S/C18H17N3O3S/c1-23-17-8-7-16(25-17)20-9-10-21-15(18(20)22)11-13(19-21)12-24-14-5-3-2-4-6-14/h2-8,11H,9-10,12H2,1H3. The lowest BCUT2D eigenvalue weighted by molar-refractivity contribution is 0.0963. The molecule has 2 aromatic heterocycles. The number of nitrogens with zero attached hydrogens (tertiary/aromatic N) is 3. The summed E-state index contributed by atoms with van der Waals surface area (Å²) >= 11 is 1.46. The van der Waals surface area contributed by atoms with Crippen molar-refractivity contribution in [2.75, 3.05) is 18.6 Å². The van der Waals surface area contributed by atoms with E-state index in [2.05, 4.69) is 5.10 Å². The van der Waals surface area contributed by atoms with Gasteiger partial charge in [0.05, 0.1) is 13.7 Å². The minimum absolute atomic E-state index is 0.0470. The summed E-state index contributed by atoms with van der Waals surface area (Å²) < 4.78 is 12.7. The quantitative estimate of drug-likeness (QED) is 0.705. The summed E-state index contributed by atoms with van der Waals surface area (Å²) in [5.74, 6) is 0.737. The van der Waals surface area contributed by atoms with Crippen LogP contribution in [0.3, 0.4) is 0 Å². The summed E-state index contributed by atoms with van der Waals surface area (Å²) in [7, 11) is 1.63. The number of hydrogen-bond acceptors (Lipinski definition) is 5. The molecule has 0 radical (unpaired) electrons. The van der Waals surface area contributed by atoms with Gasteiger partial charge in [-0.05, 0) is 30.3 Å². The molecule has 0 bridgehead atoms. The molecule has 0 atom stereocenters. The number of carbonyl (C=O) groups excluding carboxylic acids is 1. The number of thiophene rings is 1. The number of amides is 1. The van der Waals surface area contributed by atoms with E-state index in [9.17, 15) is 4.79 Å². The van der Waals surface area contributed by atoms with E-state index in [1.165, 1.54) is 11.3 Å². The fourth-order valence-corrected chi connectivity index (χ4v) is 3.61. The van der Waals surface area contributed by atoms with Crippen molar-refractivity contribution in [2.45, 2.75) is 13.2 Å². The monoisotopic (exact) mass is 355 g/mol. The van der Waals surface area contributed by atoms with E-state index >= 15 is 0 Å². The Morgan fingerprint density at radius 1 is 1.16 bits per heavy atom. The molecule has 1 aliphatic rings. The molecule has 0 saturated heterocycles. The highest BCUT2D eigenvalue weighted by atomic mass is 32.1. The Labute approximate surface area is 149 Å². The van der Waals surface area contributed by atoms with Crippen LogP contribution in [-0.4, -0.2) is 29.3 Å². The molecule has 3 heterocycles. The number of carbonyl (C=O) groups is 1. The molecule has 1 aliphatic heterocycles. The van der Waals surface area contributed by atoms with Gasteiger partial charge in [-0.1, -0.05) is 29.5 Å². The Hall–Kier alpha value is -2.80. The first-order valence-electron chi connectivity index (χ1n) is 7.95. The third kappa shape index (κ3) is 3.10. The van der Waals surface area contributed by atoms with Crippen LogP contribution in [0.2, 0.25) is 0 Å². The van der Waals surface area contributed by atoms with Crippen LogP contribution in [0.4, 0.5) is 5.00 Å². The SMILES string of the molecule is COc1ccc(N2CCn3nc(COc4ccccc4)cc3C2=O)s1.